The van der Waals surface area contributed by atoms with E-state index in [9.17, 15) is 9.59 Å². The monoisotopic (exact) mass is 440 g/mol. The van der Waals surface area contributed by atoms with Gasteiger partial charge in [-0.25, -0.2) is 4.68 Å². The maximum atomic E-state index is 13.0. The Morgan fingerprint density at radius 2 is 1.91 bits per heavy atom. The van der Waals surface area contributed by atoms with E-state index in [1.54, 1.807) is 23.1 Å². The van der Waals surface area contributed by atoms with Crippen molar-refractivity contribution < 1.29 is 19.1 Å². The van der Waals surface area contributed by atoms with Crippen molar-refractivity contribution in [2.45, 2.75) is 44.2 Å². The van der Waals surface area contributed by atoms with Gasteiger partial charge in [0.15, 0.2) is 5.82 Å². The zero-order valence-corrected chi connectivity index (χ0v) is 18.0. The van der Waals surface area contributed by atoms with Gasteiger partial charge in [0.1, 0.15) is 6.10 Å². The van der Waals surface area contributed by atoms with Crippen LogP contribution in [-0.2, 0) is 14.3 Å². The lowest BCUT2D eigenvalue weighted by Gasteiger charge is -2.34. The Balaban J connectivity index is 1.10. The average molecular weight is 441 g/mol. The lowest BCUT2D eigenvalue weighted by Crippen LogP contribution is -2.45. The lowest BCUT2D eigenvalue weighted by atomic mass is 10.0. The summed E-state index contributed by atoms with van der Waals surface area (Å²) in [5, 5.41) is 12.4. The van der Waals surface area contributed by atoms with Crippen LogP contribution in [0.15, 0.2) is 30.6 Å². The van der Waals surface area contributed by atoms with Crippen LogP contribution in [0.1, 0.15) is 32.1 Å². The van der Waals surface area contributed by atoms with Crippen molar-refractivity contribution in [2.24, 2.45) is 5.92 Å². The van der Waals surface area contributed by atoms with Gasteiger partial charge in [-0.15, -0.1) is 10.2 Å². The van der Waals surface area contributed by atoms with Crippen molar-refractivity contribution in [3.63, 3.8) is 0 Å². The fourth-order valence-corrected chi connectivity index (χ4v) is 4.77. The van der Waals surface area contributed by atoms with Gasteiger partial charge in [0.2, 0.25) is 17.7 Å². The molecule has 170 valence electrons. The molecule has 3 fully saturated rings. The second kappa shape index (κ2) is 9.23. The lowest BCUT2D eigenvalue weighted by molar-refractivity contribution is -0.137. The molecule has 2 aromatic rings. The fraction of sp³-hybridized carbons (Fsp3) is 0.591. The van der Waals surface area contributed by atoms with Gasteiger partial charge in [-0.1, -0.05) is 0 Å². The van der Waals surface area contributed by atoms with Crippen LogP contribution < -0.4 is 4.74 Å². The van der Waals surface area contributed by atoms with Crippen molar-refractivity contribution in [1.82, 2.24) is 29.8 Å². The Labute approximate surface area is 186 Å². The highest BCUT2D eigenvalue weighted by atomic mass is 16.5. The van der Waals surface area contributed by atoms with Gasteiger partial charge in [0.25, 0.3) is 0 Å². The third kappa shape index (κ3) is 4.45. The molecule has 0 spiro atoms. The molecule has 0 aromatic carbocycles. The topological polar surface area (TPSA) is 103 Å². The summed E-state index contributed by atoms with van der Waals surface area (Å²) in [7, 11) is 0. The molecular formula is C22H28N6O4. The van der Waals surface area contributed by atoms with E-state index in [-0.39, 0.29) is 29.9 Å². The van der Waals surface area contributed by atoms with E-state index in [2.05, 4.69) is 15.3 Å². The molecule has 5 heterocycles. The van der Waals surface area contributed by atoms with Gasteiger partial charge in [-0.3, -0.25) is 9.59 Å². The van der Waals surface area contributed by atoms with Gasteiger partial charge in [0, 0.05) is 76.6 Å². The Hall–Kier alpha value is -3.01. The second-order valence-corrected chi connectivity index (χ2v) is 8.61. The van der Waals surface area contributed by atoms with E-state index in [0.717, 1.165) is 25.7 Å². The molecule has 5 rings (SSSR count). The SMILES string of the molecule is O=C(C1CC(=O)N(C2CCOCC2)C1)N1CCC(Oc2ccc(-n3cccn3)nn2)CC1. The summed E-state index contributed by atoms with van der Waals surface area (Å²) in [4.78, 5) is 29.3. The Bertz CT molecular complexity index is 920. The van der Waals surface area contributed by atoms with Crippen LogP contribution in [0.5, 0.6) is 5.88 Å². The molecular weight excluding hydrogens is 412 g/mol. The van der Waals surface area contributed by atoms with Crippen LogP contribution in [0.3, 0.4) is 0 Å². The molecule has 2 aromatic heterocycles. The van der Waals surface area contributed by atoms with Crippen LogP contribution in [0.4, 0.5) is 0 Å². The summed E-state index contributed by atoms with van der Waals surface area (Å²) in [6, 6.07) is 5.64. The molecule has 1 atom stereocenters. The number of hydrogen-bond donors (Lipinski definition) is 0. The number of nitrogens with zero attached hydrogens (tertiary/aromatic N) is 6. The zero-order valence-electron chi connectivity index (χ0n) is 18.0. The first kappa shape index (κ1) is 20.9. The first-order chi connectivity index (χ1) is 15.7. The predicted octanol–water partition coefficient (Wildman–Crippen LogP) is 1.06. The number of rotatable bonds is 5. The first-order valence-corrected chi connectivity index (χ1v) is 11.3. The third-order valence-electron chi connectivity index (χ3n) is 6.55. The highest BCUT2D eigenvalue weighted by Gasteiger charge is 2.40. The fourth-order valence-electron chi connectivity index (χ4n) is 4.77. The normalized spacial score (nSPS) is 23.0. The second-order valence-electron chi connectivity index (χ2n) is 8.61. The molecule has 0 bridgehead atoms. The number of piperidine rings is 1. The molecule has 3 aliphatic heterocycles. The predicted molar refractivity (Wildman–Crippen MR) is 113 cm³/mol. The minimum atomic E-state index is -0.233. The summed E-state index contributed by atoms with van der Waals surface area (Å²) in [5.41, 5.74) is 0. The molecule has 3 saturated heterocycles. The molecule has 10 heteroatoms. The number of ether oxygens (including phenoxy) is 2. The number of carbonyl (C=O) groups excluding carboxylic acids is 2. The van der Waals surface area contributed by atoms with Gasteiger partial charge < -0.3 is 19.3 Å². The first-order valence-electron chi connectivity index (χ1n) is 11.3. The van der Waals surface area contributed by atoms with Gasteiger partial charge >= 0.3 is 0 Å². The summed E-state index contributed by atoms with van der Waals surface area (Å²) in [5.74, 6) is 1.06. The zero-order chi connectivity index (χ0) is 21.9. The Morgan fingerprint density at radius 3 is 2.59 bits per heavy atom. The van der Waals surface area contributed by atoms with Crippen LogP contribution in [-0.4, -0.2) is 86.6 Å². The summed E-state index contributed by atoms with van der Waals surface area (Å²) < 4.78 is 13.0. The van der Waals surface area contributed by atoms with E-state index in [1.165, 1.54) is 0 Å². The summed E-state index contributed by atoms with van der Waals surface area (Å²) in [6.07, 6.45) is 7.00. The average Bonchev–Trinajstić information content (AvgIpc) is 3.50. The smallest absolute Gasteiger partial charge is 0.233 e. The molecule has 32 heavy (non-hydrogen) atoms. The van der Waals surface area contributed by atoms with Gasteiger partial charge in [-0.05, 0) is 25.0 Å². The number of carbonyl (C=O) groups is 2. The number of hydrogen-bond acceptors (Lipinski definition) is 7. The molecule has 3 aliphatic rings. The van der Waals surface area contributed by atoms with Crippen LogP contribution >= 0.6 is 0 Å². The molecule has 0 saturated carbocycles. The standard InChI is InChI=1S/C22H28N6O4/c29-21-14-16(15-27(21)17-6-12-31-13-7-17)22(30)26-10-4-18(5-11-26)32-20-3-2-19(24-25-20)28-9-1-8-23-28/h1-3,8-9,16-18H,4-7,10-15H2. The highest BCUT2D eigenvalue weighted by Crippen LogP contribution is 2.27. The number of likely N-dealkylation sites (tertiary alicyclic amines) is 2. The van der Waals surface area contributed by atoms with E-state index in [4.69, 9.17) is 9.47 Å². The van der Waals surface area contributed by atoms with E-state index in [1.807, 2.05) is 21.9 Å². The molecule has 2 amide bonds. The molecule has 0 N–H and O–H groups in total. The van der Waals surface area contributed by atoms with Crippen molar-refractivity contribution >= 4 is 11.8 Å². The molecule has 1 unspecified atom stereocenters. The quantitative estimate of drug-likeness (QED) is 0.685. The van der Waals surface area contributed by atoms with Crippen molar-refractivity contribution in [1.29, 1.82) is 0 Å². The van der Waals surface area contributed by atoms with E-state index in [0.29, 0.717) is 51.0 Å². The summed E-state index contributed by atoms with van der Waals surface area (Å²) in [6.45, 7) is 3.18. The van der Waals surface area contributed by atoms with Gasteiger partial charge in [0.05, 0.1) is 5.92 Å². The summed E-state index contributed by atoms with van der Waals surface area (Å²) >= 11 is 0. The minimum absolute atomic E-state index is 0.00662. The number of aromatic nitrogens is 4. The van der Waals surface area contributed by atoms with Gasteiger partial charge in [-0.2, -0.15) is 5.10 Å². The maximum Gasteiger partial charge on any atom is 0.233 e. The molecule has 0 radical (unpaired) electrons. The van der Waals surface area contributed by atoms with Crippen LogP contribution in [0.25, 0.3) is 5.82 Å². The Morgan fingerprint density at radius 1 is 1.09 bits per heavy atom. The highest BCUT2D eigenvalue weighted by molar-refractivity contribution is 5.89. The van der Waals surface area contributed by atoms with Crippen molar-refractivity contribution in [2.75, 3.05) is 32.8 Å². The maximum absolute atomic E-state index is 13.0. The number of amides is 2. The Kier molecular flexibility index (Phi) is 6.02. The molecule has 0 aliphatic carbocycles. The van der Waals surface area contributed by atoms with E-state index >= 15 is 0 Å². The van der Waals surface area contributed by atoms with E-state index < -0.39 is 0 Å². The van der Waals surface area contributed by atoms with Crippen LogP contribution in [0.2, 0.25) is 0 Å². The minimum Gasteiger partial charge on any atom is -0.473 e. The van der Waals surface area contributed by atoms with Crippen molar-refractivity contribution in [3.8, 4) is 11.7 Å². The van der Waals surface area contributed by atoms with Crippen molar-refractivity contribution in [3.05, 3.63) is 30.6 Å². The third-order valence-corrected chi connectivity index (χ3v) is 6.55. The van der Waals surface area contributed by atoms with Crippen LogP contribution in [0, 0.1) is 5.92 Å². The largest absolute Gasteiger partial charge is 0.473 e. The molecule has 10 nitrogen and oxygen atoms in total.